The van der Waals surface area contributed by atoms with E-state index in [9.17, 15) is 0 Å². The molecule has 1 heteroatoms. The summed E-state index contributed by atoms with van der Waals surface area (Å²) in [5, 5.41) is 0. The molecule has 1 saturated carbocycles. The van der Waals surface area contributed by atoms with Crippen molar-refractivity contribution in [3.63, 3.8) is 0 Å². The van der Waals surface area contributed by atoms with Gasteiger partial charge in [0.15, 0.2) is 0 Å². The standard InChI is InChI=1S/C5H9I/c1-3-4(2)5(3)6/h3-5H,1-2H3. The van der Waals surface area contributed by atoms with Gasteiger partial charge in [0, 0.05) is 3.92 Å². The van der Waals surface area contributed by atoms with Crippen LogP contribution >= 0.6 is 22.6 Å². The van der Waals surface area contributed by atoms with E-state index in [0.717, 1.165) is 15.8 Å². The molecule has 0 spiro atoms. The number of rotatable bonds is 0. The van der Waals surface area contributed by atoms with E-state index in [1.807, 2.05) is 0 Å². The zero-order valence-electron chi connectivity index (χ0n) is 4.11. The number of halogens is 1. The fourth-order valence-corrected chi connectivity index (χ4v) is 1.67. The summed E-state index contributed by atoms with van der Waals surface area (Å²) >= 11 is 2.51. The Kier molecular flexibility index (Phi) is 1.10. The molecule has 0 aliphatic heterocycles. The molecule has 2 atom stereocenters. The first-order chi connectivity index (χ1) is 2.73. The molecule has 2 unspecified atom stereocenters. The predicted octanol–water partition coefficient (Wildman–Crippen LogP) is 2.08. The largest absolute Gasteiger partial charge is 0.0820 e. The average Bonchev–Trinajstić information content (AvgIpc) is 1.94. The number of hydrogen-bond donors (Lipinski definition) is 0. The molecule has 0 amide bonds. The highest BCUT2D eigenvalue weighted by molar-refractivity contribution is 14.1. The number of hydrogen-bond acceptors (Lipinski definition) is 0. The Hall–Kier alpha value is 0.730. The van der Waals surface area contributed by atoms with Crippen molar-refractivity contribution in [2.45, 2.75) is 17.8 Å². The van der Waals surface area contributed by atoms with Gasteiger partial charge in [0.25, 0.3) is 0 Å². The van der Waals surface area contributed by atoms with Crippen LogP contribution in [0.5, 0.6) is 0 Å². The Morgan fingerprint density at radius 3 is 1.33 bits per heavy atom. The van der Waals surface area contributed by atoms with Gasteiger partial charge in [-0.2, -0.15) is 0 Å². The Morgan fingerprint density at radius 2 is 1.33 bits per heavy atom. The topological polar surface area (TPSA) is 0 Å². The van der Waals surface area contributed by atoms with Gasteiger partial charge in [-0.3, -0.25) is 0 Å². The Bertz CT molecular complexity index is 40.7. The lowest BCUT2D eigenvalue weighted by Gasteiger charge is -1.66. The molecule has 6 heavy (non-hydrogen) atoms. The van der Waals surface area contributed by atoms with Crippen LogP contribution in [-0.4, -0.2) is 3.92 Å². The second-order valence-electron chi connectivity index (χ2n) is 2.16. The Morgan fingerprint density at radius 1 is 1.17 bits per heavy atom. The van der Waals surface area contributed by atoms with E-state index in [1.165, 1.54) is 0 Å². The van der Waals surface area contributed by atoms with E-state index in [0.29, 0.717) is 0 Å². The molecule has 0 aromatic carbocycles. The molecule has 0 heterocycles. The maximum atomic E-state index is 2.51. The lowest BCUT2D eigenvalue weighted by Crippen LogP contribution is -1.60. The van der Waals surface area contributed by atoms with Gasteiger partial charge in [0.05, 0.1) is 0 Å². The van der Waals surface area contributed by atoms with Crippen LogP contribution in [0.1, 0.15) is 13.8 Å². The molecule has 0 saturated heterocycles. The van der Waals surface area contributed by atoms with Crippen molar-refractivity contribution in [1.29, 1.82) is 0 Å². The van der Waals surface area contributed by atoms with E-state index in [2.05, 4.69) is 36.4 Å². The van der Waals surface area contributed by atoms with E-state index in [1.54, 1.807) is 0 Å². The molecule has 0 bridgehead atoms. The van der Waals surface area contributed by atoms with Gasteiger partial charge in [-0.25, -0.2) is 0 Å². The fourth-order valence-electron chi connectivity index (χ4n) is 0.602. The third-order valence-corrected chi connectivity index (χ3v) is 3.96. The van der Waals surface area contributed by atoms with E-state index in [4.69, 9.17) is 0 Å². The maximum Gasteiger partial charge on any atom is 0.0167 e. The van der Waals surface area contributed by atoms with Gasteiger partial charge in [-0.1, -0.05) is 36.4 Å². The molecule has 0 radical (unpaired) electrons. The van der Waals surface area contributed by atoms with Crippen LogP contribution < -0.4 is 0 Å². The van der Waals surface area contributed by atoms with Crippen LogP contribution in [0.4, 0.5) is 0 Å². The van der Waals surface area contributed by atoms with Crippen LogP contribution in [-0.2, 0) is 0 Å². The van der Waals surface area contributed by atoms with Gasteiger partial charge in [0.2, 0.25) is 0 Å². The summed E-state index contributed by atoms with van der Waals surface area (Å²) in [4.78, 5) is 0. The minimum absolute atomic E-state index is 0.989. The molecule has 1 aliphatic carbocycles. The summed E-state index contributed by atoms with van der Waals surface area (Å²) < 4.78 is 0.989. The molecule has 1 aliphatic rings. The van der Waals surface area contributed by atoms with Crippen molar-refractivity contribution >= 4 is 22.6 Å². The summed E-state index contributed by atoms with van der Waals surface area (Å²) in [6.07, 6.45) is 0. The molecule has 0 nitrogen and oxygen atoms in total. The SMILES string of the molecule is CC1C(C)C1I. The molecular formula is C5H9I. The highest BCUT2D eigenvalue weighted by Crippen LogP contribution is 2.44. The first kappa shape index (κ1) is 4.88. The maximum absolute atomic E-state index is 2.51. The fraction of sp³-hybridized carbons (Fsp3) is 1.00. The van der Waals surface area contributed by atoms with Gasteiger partial charge in [-0.15, -0.1) is 0 Å². The molecule has 1 fully saturated rings. The summed E-state index contributed by atoms with van der Waals surface area (Å²) in [5.74, 6) is 2.01. The van der Waals surface area contributed by atoms with Crippen molar-refractivity contribution in [3.05, 3.63) is 0 Å². The molecular weight excluding hydrogens is 187 g/mol. The van der Waals surface area contributed by atoms with Crippen LogP contribution in [0.3, 0.4) is 0 Å². The molecule has 1 rings (SSSR count). The molecule has 0 N–H and O–H groups in total. The lowest BCUT2D eigenvalue weighted by atomic mass is 10.4. The van der Waals surface area contributed by atoms with E-state index in [-0.39, 0.29) is 0 Å². The third kappa shape index (κ3) is 0.572. The summed E-state index contributed by atoms with van der Waals surface area (Å²) in [5.41, 5.74) is 0. The monoisotopic (exact) mass is 196 g/mol. The van der Waals surface area contributed by atoms with Crippen molar-refractivity contribution in [3.8, 4) is 0 Å². The van der Waals surface area contributed by atoms with Crippen molar-refractivity contribution in [2.24, 2.45) is 11.8 Å². The van der Waals surface area contributed by atoms with Crippen molar-refractivity contribution in [2.75, 3.05) is 0 Å². The quantitative estimate of drug-likeness (QED) is 0.411. The van der Waals surface area contributed by atoms with Gasteiger partial charge >= 0.3 is 0 Å². The summed E-state index contributed by atoms with van der Waals surface area (Å²) in [7, 11) is 0. The minimum Gasteiger partial charge on any atom is -0.0820 e. The summed E-state index contributed by atoms with van der Waals surface area (Å²) in [6.45, 7) is 4.61. The average molecular weight is 196 g/mol. The highest BCUT2D eigenvalue weighted by Gasteiger charge is 2.39. The Balaban J connectivity index is 2.31. The normalized spacial score (nSPS) is 55.5. The van der Waals surface area contributed by atoms with Crippen LogP contribution in [0.2, 0.25) is 0 Å². The second kappa shape index (κ2) is 1.35. The molecule has 0 aromatic rings. The second-order valence-corrected chi connectivity index (χ2v) is 3.60. The van der Waals surface area contributed by atoms with Gasteiger partial charge in [0.1, 0.15) is 0 Å². The zero-order valence-corrected chi connectivity index (χ0v) is 6.27. The third-order valence-electron chi connectivity index (χ3n) is 1.69. The van der Waals surface area contributed by atoms with Gasteiger partial charge < -0.3 is 0 Å². The zero-order chi connectivity index (χ0) is 4.73. The van der Waals surface area contributed by atoms with Gasteiger partial charge in [-0.05, 0) is 11.8 Å². The summed E-state index contributed by atoms with van der Waals surface area (Å²) in [6, 6.07) is 0. The smallest absolute Gasteiger partial charge is 0.0167 e. The van der Waals surface area contributed by atoms with Crippen LogP contribution in [0.15, 0.2) is 0 Å². The van der Waals surface area contributed by atoms with Crippen LogP contribution in [0, 0.1) is 11.8 Å². The first-order valence-corrected chi connectivity index (χ1v) is 3.62. The lowest BCUT2D eigenvalue weighted by molar-refractivity contribution is 0.834. The molecule has 0 aromatic heterocycles. The Labute approximate surface area is 52.5 Å². The predicted molar refractivity (Wildman–Crippen MR) is 36.1 cm³/mol. The number of alkyl halides is 1. The van der Waals surface area contributed by atoms with E-state index < -0.39 is 0 Å². The highest BCUT2D eigenvalue weighted by atomic mass is 127. The molecule has 36 valence electrons. The van der Waals surface area contributed by atoms with E-state index >= 15 is 0 Å². The van der Waals surface area contributed by atoms with Crippen LogP contribution in [0.25, 0.3) is 0 Å². The first-order valence-electron chi connectivity index (χ1n) is 2.37. The van der Waals surface area contributed by atoms with Crippen molar-refractivity contribution in [1.82, 2.24) is 0 Å². The van der Waals surface area contributed by atoms with Crippen molar-refractivity contribution < 1.29 is 0 Å². The minimum atomic E-state index is 0.989.